The molecule has 1 N–H and O–H groups in total. The zero-order valence-corrected chi connectivity index (χ0v) is 17.3. The summed E-state index contributed by atoms with van der Waals surface area (Å²) in [5.74, 6) is 0.807. The number of nitrogens with zero attached hydrogens (tertiary/aromatic N) is 6. The number of hydrogen-bond acceptors (Lipinski definition) is 6. The van der Waals surface area contributed by atoms with Crippen LogP contribution in [0.3, 0.4) is 0 Å². The van der Waals surface area contributed by atoms with Gasteiger partial charge in [0.05, 0.1) is 11.7 Å². The highest BCUT2D eigenvalue weighted by Gasteiger charge is 2.11. The van der Waals surface area contributed by atoms with Gasteiger partial charge in [0, 0.05) is 42.0 Å². The highest BCUT2D eigenvalue weighted by molar-refractivity contribution is 5.92. The standard InChI is InChI=1S/C24H21N7/c1-16(17-6-4-3-5-7-17)28-24-21-11-18(8-9-22(21)26-15-27-24)19-10-20(13-25-12-19)23-14-31(2)30-29-23/h3-16H,1-2H3,(H,26,27,28)/t16-/m1/s1. The van der Waals surface area contributed by atoms with Crippen molar-refractivity contribution >= 4 is 16.7 Å². The number of fused-ring (bicyclic) bond motifs is 1. The molecule has 0 aliphatic carbocycles. The van der Waals surface area contributed by atoms with E-state index < -0.39 is 0 Å². The lowest BCUT2D eigenvalue weighted by Gasteiger charge is -2.16. The van der Waals surface area contributed by atoms with E-state index in [2.05, 4.69) is 67.8 Å². The quantitative estimate of drug-likeness (QED) is 0.456. The molecular formula is C24H21N7. The number of rotatable bonds is 5. The van der Waals surface area contributed by atoms with Gasteiger partial charge in [-0.15, -0.1) is 5.10 Å². The molecule has 0 radical (unpaired) electrons. The molecule has 0 fully saturated rings. The van der Waals surface area contributed by atoms with Gasteiger partial charge in [-0.2, -0.15) is 0 Å². The molecule has 1 atom stereocenters. The van der Waals surface area contributed by atoms with Gasteiger partial charge >= 0.3 is 0 Å². The van der Waals surface area contributed by atoms with Crippen LogP contribution in [0.25, 0.3) is 33.3 Å². The lowest BCUT2D eigenvalue weighted by molar-refractivity contribution is 0.715. The Morgan fingerprint density at radius 3 is 2.55 bits per heavy atom. The Bertz CT molecular complexity index is 1340. The lowest BCUT2D eigenvalue weighted by Crippen LogP contribution is -2.08. The molecular weight excluding hydrogens is 386 g/mol. The Morgan fingerprint density at radius 2 is 1.74 bits per heavy atom. The number of aryl methyl sites for hydroxylation is 1. The van der Waals surface area contributed by atoms with Crippen LogP contribution < -0.4 is 5.32 Å². The van der Waals surface area contributed by atoms with Gasteiger partial charge in [-0.25, -0.2) is 9.97 Å². The summed E-state index contributed by atoms with van der Waals surface area (Å²) in [5, 5.41) is 12.7. The summed E-state index contributed by atoms with van der Waals surface area (Å²) in [6, 6.07) is 18.7. The van der Waals surface area contributed by atoms with Crippen LogP contribution in [0, 0.1) is 0 Å². The van der Waals surface area contributed by atoms with Gasteiger partial charge < -0.3 is 5.32 Å². The predicted molar refractivity (Wildman–Crippen MR) is 121 cm³/mol. The second kappa shape index (κ2) is 7.95. The molecule has 2 aromatic carbocycles. The highest BCUT2D eigenvalue weighted by Crippen LogP contribution is 2.30. The number of anilines is 1. The Balaban J connectivity index is 1.52. The van der Waals surface area contributed by atoms with Crippen LogP contribution in [0.4, 0.5) is 5.82 Å². The minimum absolute atomic E-state index is 0.115. The number of hydrogen-bond donors (Lipinski definition) is 1. The van der Waals surface area contributed by atoms with Crippen molar-refractivity contribution in [2.24, 2.45) is 7.05 Å². The maximum atomic E-state index is 4.52. The van der Waals surface area contributed by atoms with Crippen molar-refractivity contribution in [2.75, 3.05) is 5.32 Å². The number of nitrogens with one attached hydrogen (secondary N) is 1. The fourth-order valence-corrected chi connectivity index (χ4v) is 3.60. The van der Waals surface area contributed by atoms with E-state index in [1.807, 2.05) is 43.7 Å². The maximum absolute atomic E-state index is 4.52. The predicted octanol–water partition coefficient (Wildman–Crippen LogP) is 4.66. The van der Waals surface area contributed by atoms with Crippen molar-refractivity contribution in [3.05, 3.63) is 85.1 Å². The van der Waals surface area contributed by atoms with Gasteiger partial charge in [-0.3, -0.25) is 9.67 Å². The van der Waals surface area contributed by atoms with Gasteiger partial charge in [0.2, 0.25) is 0 Å². The molecule has 0 aliphatic rings. The molecule has 3 aromatic heterocycles. The monoisotopic (exact) mass is 407 g/mol. The summed E-state index contributed by atoms with van der Waals surface area (Å²) in [5.41, 5.74) is 5.84. The molecule has 0 saturated heterocycles. The molecule has 0 spiro atoms. The molecule has 5 aromatic rings. The first-order valence-corrected chi connectivity index (χ1v) is 10.1. The molecule has 3 heterocycles. The first-order valence-electron chi connectivity index (χ1n) is 10.1. The van der Waals surface area contributed by atoms with Crippen LogP contribution in [0.5, 0.6) is 0 Å². The number of benzene rings is 2. The highest BCUT2D eigenvalue weighted by atomic mass is 15.4. The largest absolute Gasteiger partial charge is 0.363 e. The van der Waals surface area contributed by atoms with E-state index in [1.54, 1.807) is 17.2 Å². The molecule has 7 heteroatoms. The van der Waals surface area contributed by atoms with Gasteiger partial charge in [0.1, 0.15) is 17.8 Å². The molecule has 0 unspecified atom stereocenters. The zero-order valence-electron chi connectivity index (χ0n) is 17.3. The molecule has 0 bridgehead atoms. The van der Waals surface area contributed by atoms with Crippen LogP contribution >= 0.6 is 0 Å². The summed E-state index contributed by atoms with van der Waals surface area (Å²) in [6.07, 6.45) is 7.12. The Kier molecular flexibility index (Phi) is 4.84. The van der Waals surface area contributed by atoms with Gasteiger partial charge in [0.25, 0.3) is 0 Å². The topological polar surface area (TPSA) is 81.4 Å². The van der Waals surface area contributed by atoms with E-state index in [-0.39, 0.29) is 6.04 Å². The second-order valence-electron chi connectivity index (χ2n) is 7.47. The van der Waals surface area contributed by atoms with E-state index >= 15 is 0 Å². The van der Waals surface area contributed by atoms with Crippen LogP contribution in [-0.2, 0) is 7.05 Å². The first kappa shape index (κ1) is 18.9. The van der Waals surface area contributed by atoms with Crippen molar-refractivity contribution in [2.45, 2.75) is 13.0 Å². The van der Waals surface area contributed by atoms with Crippen LogP contribution in [0.15, 0.2) is 79.5 Å². The Labute approximate surface area is 179 Å². The first-order chi connectivity index (χ1) is 15.2. The maximum Gasteiger partial charge on any atom is 0.137 e. The summed E-state index contributed by atoms with van der Waals surface area (Å²) >= 11 is 0. The van der Waals surface area contributed by atoms with Crippen molar-refractivity contribution < 1.29 is 0 Å². The minimum atomic E-state index is 0.115. The van der Waals surface area contributed by atoms with Gasteiger partial charge in [0.15, 0.2) is 0 Å². The van der Waals surface area contributed by atoms with Crippen molar-refractivity contribution in [3.8, 4) is 22.4 Å². The molecule has 31 heavy (non-hydrogen) atoms. The second-order valence-corrected chi connectivity index (χ2v) is 7.47. The smallest absolute Gasteiger partial charge is 0.137 e. The normalized spacial score (nSPS) is 12.1. The third kappa shape index (κ3) is 3.85. The van der Waals surface area contributed by atoms with E-state index in [1.165, 1.54) is 5.56 Å². The fourth-order valence-electron chi connectivity index (χ4n) is 3.60. The third-order valence-corrected chi connectivity index (χ3v) is 5.26. The molecule has 0 aliphatic heterocycles. The van der Waals surface area contributed by atoms with Crippen LogP contribution in [-0.4, -0.2) is 29.9 Å². The van der Waals surface area contributed by atoms with E-state index in [0.717, 1.165) is 39.1 Å². The Morgan fingerprint density at radius 1 is 0.903 bits per heavy atom. The van der Waals surface area contributed by atoms with Crippen molar-refractivity contribution in [1.82, 2.24) is 29.9 Å². The number of aromatic nitrogens is 6. The number of pyridine rings is 1. The average molecular weight is 407 g/mol. The SMILES string of the molecule is C[C@@H](Nc1ncnc2ccc(-c3cncc(-c4cn(C)nn4)c3)cc12)c1ccccc1. The summed E-state index contributed by atoms with van der Waals surface area (Å²) in [4.78, 5) is 13.4. The lowest BCUT2D eigenvalue weighted by atomic mass is 10.0. The molecule has 5 rings (SSSR count). The van der Waals surface area contributed by atoms with Crippen LogP contribution in [0.2, 0.25) is 0 Å². The molecule has 0 amide bonds. The summed E-state index contributed by atoms with van der Waals surface area (Å²) < 4.78 is 1.68. The van der Waals surface area contributed by atoms with Gasteiger partial charge in [-0.1, -0.05) is 41.6 Å². The third-order valence-electron chi connectivity index (χ3n) is 5.26. The molecule has 0 saturated carbocycles. The average Bonchev–Trinajstić information content (AvgIpc) is 3.26. The van der Waals surface area contributed by atoms with E-state index in [0.29, 0.717) is 0 Å². The molecule has 7 nitrogen and oxygen atoms in total. The van der Waals surface area contributed by atoms with Crippen LogP contribution in [0.1, 0.15) is 18.5 Å². The minimum Gasteiger partial charge on any atom is -0.363 e. The van der Waals surface area contributed by atoms with Crippen molar-refractivity contribution in [3.63, 3.8) is 0 Å². The van der Waals surface area contributed by atoms with Crippen molar-refractivity contribution in [1.29, 1.82) is 0 Å². The zero-order chi connectivity index (χ0) is 21.2. The van der Waals surface area contributed by atoms with Gasteiger partial charge in [-0.05, 0) is 36.2 Å². The van der Waals surface area contributed by atoms with E-state index in [4.69, 9.17) is 0 Å². The van der Waals surface area contributed by atoms with E-state index in [9.17, 15) is 0 Å². The Hall–Kier alpha value is -4.13. The molecule has 152 valence electrons. The summed E-state index contributed by atoms with van der Waals surface area (Å²) in [7, 11) is 1.85. The summed E-state index contributed by atoms with van der Waals surface area (Å²) in [6.45, 7) is 2.13. The fraction of sp³-hybridized carbons (Fsp3) is 0.125.